The van der Waals surface area contributed by atoms with Crippen molar-refractivity contribution in [3.05, 3.63) is 35.5 Å². The first-order chi connectivity index (χ1) is 8.06. The van der Waals surface area contributed by atoms with Gasteiger partial charge in [0.2, 0.25) is 0 Å². The number of nitrogen functional groups attached to an aromatic ring is 1. The topological polar surface area (TPSA) is 85.8 Å². The molecule has 0 bridgehead atoms. The van der Waals surface area contributed by atoms with Crippen LogP contribution in [0.1, 0.15) is 10.5 Å². The third-order valence-electron chi connectivity index (χ3n) is 2.13. The van der Waals surface area contributed by atoms with E-state index in [2.05, 4.69) is 15.3 Å². The van der Waals surface area contributed by atoms with E-state index in [0.717, 1.165) is 0 Å². The summed E-state index contributed by atoms with van der Waals surface area (Å²) in [5.74, 6) is 0.0359. The predicted octanol–water partition coefficient (Wildman–Crippen LogP) is 1.30. The number of hydrogen-bond acceptors (Lipinski definition) is 4. The van der Waals surface area contributed by atoms with E-state index in [9.17, 15) is 4.79 Å². The number of carbonyl (C=O) groups is 1. The van der Waals surface area contributed by atoms with E-state index < -0.39 is 0 Å². The van der Waals surface area contributed by atoms with Gasteiger partial charge >= 0.3 is 0 Å². The Labute approximate surface area is 102 Å². The van der Waals surface area contributed by atoms with Crippen molar-refractivity contribution in [2.24, 2.45) is 7.05 Å². The van der Waals surface area contributed by atoms with Gasteiger partial charge in [0.1, 0.15) is 23.0 Å². The summed E-state index contributed by atoms with van der Waals surface area (Å²) < 4.78 is 1.63. The summed E-state index contributed by atoms with van der Waals surface area (Å²) in [6.07, 6.45) is 2.93. The van der Waals surface area contributed by atoms with E-state index in [-0.39, 0.29) is 11.1 Å². The average molecular weight is 252 g/mol. The quantitative estimate of drug-likeness (QED) is 0.788. The van der Waals surface area contributed by atoms with E-state index in [4.69, 9.17) is 17.3 Å². The van der Waals surface area contributed by atoms with Crippen LogP contribution in [0.3, 0.4) is 0 Å². The molecule has 0 aliphatic rings. The van der Waals surface area contributed by atoms with Crippen LogP contribution < -0.4 is 11.1 Å². The van der Waals surface area contributed by atoms with Crippen LogP contribution in [0, 0.1) is 0 Å². The summed E-state index contributed by atoms with van der Waals surface area (Å²) in [5, 5.41) is 2.87. The molecule has 0 saturated heterocycles. The van der Waals surface area contributed by atoms with Gasteiger partial charge in [-0.05, 0) is 6.07 Å². The number of aryl methyl sites for hydroxylation is 1. The third-order valence-corrected chi connectivity index (χ3v) is 2.34. The molecule has 0 unspecified atom stereocenters. The van der Waals surface area contributed by atoms with Crippen LogP contribution in [0.4, 0.5) is 11.5 Å². The Morgan fingerprint density at radius 1 is 1.47 bits per heavy atom. The maximum atomic E-state index is 11.9. The largest absolute Gasteiger partial charge is 0.397 e. The van der Waals surface area contributed by atoms with Gasteiger partial charge in [0.25, 0.3) is 5.91 Å². The highest BCUT2D eigenvalue weighted by Crippen LogP contribution is 2.13. The van der Waals surface area contributed by atoms with Crippen molar-refractivity contribution >= 4 is 29.0 Å². The number of nitrogens with two attached hydrogens (primary N) is 1. The Morgan fingerprint density at radius 2 is 2.24 bits per heavy atom. The fourth-order valence-electron chi connectivity index (χ4n) is 1.40. The van der Waals surface area contributed by atoms with Crippen molar-refractivity contribution in [1.82, 2.24) is 14.5 Å². The Kier molecular flexibility index (Phi) is 2.97. The minimum absolute atomic E-state index is 0.265. The third kappa shape index (κ3) is 2.54. The van der Waals surface area contributed by atoms with Crippen molar-refractivity contribution in [2.45, 2.75) is 0 Å². The number of nitrogens with zero attached hydrogens (tertiary/aromatic N) is 3. The molecule has 7 heteroatoms. The van der Waals surface area contributed by atoms with Crippen LogP contribution >= 0.6 is 11.6 Å². The fraction of sp³-hybridized carbons (Fsp3) is 0.100. The molecule has 0 aliphatic heterocycles. The second-order valence-electron chi connectivity index (χ2n) is 3.45. The predicted molar refractivity (Wildman–Crippen MR) is 64.8 cm³/mol. The Bertz CT molecular complexity index is 566. The zero-order valence-corrected chi connectivity index (χ0v) is 9.77. The van der Waals surface area contributed by atoms with Gasteiger partial charge in [0.15, 0.2) is 0 Å². The van der Waals surface area contributed by atoms with E-state index in [1.165, 1.54) is 12.4 Å². The monoisotopic (exact) mass is 251 g/mol. The lowest BCUT2D eigenvalue weighted by Crippen LogP contribution is -2.16. The second-order valence-corrected chi connectivity index (χ2v) is 3.84. The molecule has 0 radical (unpaired) electrons. The molecule has 2 rings (SSSR count). The van der Waals surface area contributed by atoms with Crippen molar-refractivity contribution in [1.29, 1.82) is 0 Å². The second kappa shape index (κ2) is 4.42. The Balaban J connectivity index is 2.20. The maximum Gasteiger partial charge on any atom is 0.273 e. The number of halogens is 1. The lowest BCUT2D eigenvalue weighted by atomic mass is 10.4. The molecule has 1 amide bonds. The first-order valence-corrected chi connectivity index (χ1v) is 5.15. The molecule has 0 atom stereocenters. The minimum atomic E-state index is -0.307. The molecule has 0 fully saturated rings. The SMILES string of the molecule is Cn1cc(N)cc1C(=O)Nc1cc(Cl)ncn1. The van der Waals surface area contributed by atoms with Gasteiger partial charge in [0.05, 0.1) is 5.69 Å². The van der Waals surface area contributed by atoms with Crippen molar-refractivity contribution < 1.29 is 4.79 Å². The first-order valence-electron chi connectivity index (χ1n) is 4.77. The molecule has 2 aromatic heterocycles. The number of aromatic nitrogens is 3. The standard InChI is InChI=1S/C10H10ClN5O/c1-16-4-6(12)2-7(16)10(17)15-9-3-8(11)13-5-14-9/h2-5H,12H2,1H3,(H,13,14,15,17). The van der Waals surface area contributed by atoms with Gasteiger partial charge in [0, 0.05) is 19.3 Å². The van der Waals surface area contributed by atoms with Crippen molar-refractivity contribution in [3.8, 4) is 0 Å². The number of hydrogen-bond donors (Lipinski definition) is 2. The first kappa shape index (κ1) is 11.4. The van der Waals surface area contributed by atoms with Crippen molar-refractivity contribution in [2.75, 3.05) is 11.1 Å². The normalized spacial score (nSPS) is 10.2. The Morgan fingerprint density at radius 3 is 2.82 bits per heavy atom. The summed E-state index contributed by atoms with van der Waals surface area (Å²) in [5.41, 5.74) is 6.56. The Hall–Kier alpha value is -2.08. The van der Waals surface area contributed by atoms with Crippen LogP contribution in [0.15, 0.2) is 24.7 Å². The number of carbonyl (C=O) groups excluding carboxylic acids is 1. The maximum absolute atomic E-state index is 11.9. The van der Waals surface area contributed by atoms with E-state index in [1.807, 2.05) is 0 Å². The fourth-order valence-corrected chi connectivity index (χ4v) is 1.55. The molecule has 17 heavy (non-hydrogen) atoms. The highest BCUT2D eigenvalue weighted by molar-refractivity contribution is 6.29. The highest BCUT2D eigenvalue weighted by Gasteiger charge is 2.11. The van der Waals surface area contributed by atoms with Crippen LogP contribution in [-0.4, -0.2) is 20.4 Å². The lowest BCUT2D eigenvalue weighted by molar-refractivity contribution is 0.101. The molecule has 6 nitrogen and oxygen atoms in total. The summed E-state index contributed by atoms with van der Waals surface area (Å²) in [4.78, 5) is 19.5. The molecule has 0 aromatic carbocycles. The lowest BCUT2D eigenvalue weighted by Gasteiger charge is -2.04. The van der Waals surface area contributed by atoms with E-state index in [0.29, 0.717) is 17.2 Å². The summed E-state index contributed by atoms with van der Waals surface area (Å²) in [6, 6.07) is 3.05. The number of nitrogens with one attached hydrogen (secondary N) is 1. The zero-order chi connectivity index (χ0) is 12.4. The molecule has 0 spiro atoms. The van der Waals surface area contributed by atoms with Gasteiger partial charge < -0.3 is 15.6 Å². The highest BCUT2D eigenvalue weighted by atomic mass is 35.5. The molecule has 3 N–H and O–H groups in total. The molecular weight excluding hydrogens is 242 g/mol. The molecular formula is C10H10ClN5O. The number of anilines is 2. The molecule has 2 aromatic rings. The molecule has 0 aliphatic carbocycles. The molecule has 2 heterocycles. The smallest absolute Gasteiger partial charge is 0.273 e. The zero-order valence-electron chi connectivity index (χ0n) is 9.01. The van der Waals surface area contributed by atoms with E-state index >= 15 is 0 Å². The van der Waals surface area contributed by atoms with E-state index in [1.54, 1.807) is 23.9 Å². The van der Waals surface area contributed by atoms with Crippen molar-refractivity contribution in [3.63, 3.8) is 0 Å². The molecule has 88 valence electrons. The van der Waals surface area contributed by atoms with Crippen LogP contribution in [-0.2, 0) is 7.05 Å². The van der Waals surface area contributed by atoms with Crippen LogP contribution in [0.2, 0.25) is 5.15 Å². The summed E-state index contributed by atoms with van der Waals surface area (Å²) in [6.45, 7) is 0. The van der Waals surface area contributed by atoms with Gasteiger partial charge in [-0.3, -0.25) is 4.79 Å². The van der Waals surface area contributed by atoms with Gasteiger partial charge in [-0.25, -0.2) is 9.97 Å². The summed E-state index contributed by atoms with van der Waals surface area (Å²) in [7, 11) is 1.73. The summed E-state index contributed by atoms with van der Waals surface area (Å²) >= 11 is 5.68. The average Bonchev–Trinajstić information content (AvgIpc) is 2.58. The van der Waals surface area contributed by atoms with Gasteiger partial charge in [-0.15, -0.1) is 0 Å². The number of amides is 1. The van der Waals surface area contributed by atoms with Gasteiger partial charge in [-0.1, -0.05) is 11.6 Å². The minimum Gasteiger partial charge on any atom is -0.397 e. The van der Waals surface area contributed by atoms with Gasteiger partial charge in [-0.2, -0.15) is 0 Å². The van der Waals surface area contributed by atoms with Crippen LogP contribution in [0.25, 0.3) is 0 Å². The number of rotatable bonds is 2. The van der Waals surface area contributed by atoms with Crippen LogP contribution in [0.5, 0.6) is 0 Å². The molecule has 0 saturated carbocycles.